The SMILES string of the molecule is CCn1cnc(CCNc2nc(N[C@H]3CC[C@H](NC(=O)N4CCC(Nc5nc(NCCc6cn(CC)cn6)nc6c5ncn6[C@@H]5C[C@H](n6ncc(CO)n6)[C@@H](O)[C@H]5O)CC4)CC3)c3ncn([C@H]4CC[C@@H](n5ncc(CO)n5)C4)c3n2)c1. The van der Waals surface area contributed by atoms with Gasteiger partial charge in [0.2, 0.25) is 11.9 Å². The highest BCUT2D eigenvalue weighted by atomic mass is 16.3. The van der Waals surface area contributed by atoms with E-state index in [2.05, 4.69) is 86.1 Å². The topological polar surface area (TPSA) is 346 Å². The Bertz CT molecular complexity index is 3400. The highest BCUT2D eigenvalue weighted by Gasteiger charge is 2.45. The number of hydrogen-bond donors (Lipinski definition) is 9. The lowest BCUT2D eigenvalue weighted by Crippen LogP contribution is -2.50. The number of urea groups is 1. The number of fused-ring (bicyclic) bond motifs is 2. The Morgan fingerprint density at radius 2 is 1.11 bits per heavy atom. The van der Waals surface area contributed by atoms with Crippen LogP contribution in [0.3, 0.4) is 0 Å². The van der Waals surface area contributed by atoms with E-state index < -0.39 is 24.3 Å². The first-order chi connectivity index (χ1) is 39.6. The largest absolute Gasteiger partial charge is 0.390 e. The van der Waals surface area contributed by atoms with E-state index in [0.717, 1.165) is 81.5 Å². The first kappa shape index (κ1) is 53.7. The summed E-state index contributed by atoms with van der Waals surface area (Å²) in [6.07, 6.45) is 20.8. The van der Waals surface area contributed by atoms with Crippen molar-refractivity contribution < 1.29 is 25.2 Å². The van der Waals surface area contributed by atoms with Crippen LogP contribution < -0.4 is 26.6 Å². The predicted molar refractivity (Wildman–Crippen MR) is 296 cm³/mol. The zero-order chi connectivity index (χ0) is 55.6. The first-order valence-corrected chi connectivity index (χ1v) is 28.6. The van der Waals surface area contributed by atoms with Crippen LogP contribution in [-0.4, -0.2) is 176 Å². The summed E-state index contributed by atoms with van der Waals surface area (Å²) in [5, 5.41) is 76.8. The van der Waals surface area contributed by atoms with Crippen LogP contribution in [0.1, 0.15) is 125 Å². The second-order valence-corrected chi connectivity index (χ2v) is 21.8. The predicted octanol–water partition coefficient (Wildman–Crippen LogP) is 2.76. The molecule has 1 saturated heterocycles. The zero-order valence-electron chi connectivity index (χ0n) is 45.7. The van der Waals surface area contributed by atoms with Crippen molar-refractivity contribution in [1.82, 2.24) is 98.3 Å². The van der Waals surface area contributed by atoms with E-state index in [1.165, 1.54) is 11.0 Å². The minimum atomic E-state index is -1.18. The number of imidazole rings is 4. The molecule has 0 unspecified atom stereocenters. The average Bonchev–Trinajstić information content (AvgIpc) is 4.55. The molecule has 0 radical (unpaired) electrons. The molecule has 9 heterocycles. The standard InChI is InChI=1S/C52H72N24O5/c1-3-70-23-34(55-27-70)11-15-53-50-64-46(42-48(66-50)73(29-57-42)38-9-10-39(19-38)75-59-21-36(25-77)68-75)61-31-5-7-32(8-6-31)63-52(81)72-17-13-33(14-18-72)62-47-43-49(67-51(65-47)54-16-12-35-24-71(4-2)28-56-35)74(30-58-43)40-20-41(45(80)44(40)79)76-60-22-37(26-78)69-76/h21-24,27-33,38-41,44-45,77-80H,3-20,25-26H2,1-2H3,(H,63,81)(H2,53,61,64,66)(H2,54,62,65,67)/t31-,32-,38-,39+,40+,41-,44-,45+/m0/s1. The molecule has 3 aliphatic carbocycles. The summed E-state index contributed by atoms with van der Waals surface area (Å²) in [6, 6.07) is -0.954. The molecule has 0 spiro atoms. The third-order valence-electron chi connectivity index (χ3n) is 16.6. The second kappa shape index (κ2) is 23.7. The molecule has 430 valence electrons. The van der Waals surface area contributed by atoms with Crippen LogP contribution in [0, 0.1) is 0 Å². The van der Waals surface area contributed by atoms with Gasteiger partial charge >= 0.3 is 6.03 Å². The number of aliphatic hydroxyl groups excluding tert-OH is 4. The van der Waals surface area contributed by atoms with Crippen LogP contribution >= 0.6 is 0 Å². The minimum Gasteiger partial charge on any atom is -0.390 e. The molecule has 1 aliphatic heterocycles. The number of carbonyl (C=O) groups excluding carboxylic acids is 1. The first-order valence-electron chi connectivity index (χ1n) is 28.6. The molecule has 29 nitrogen and oxygen atoms in total. The Labute approximate surface area is 466 Å². The van der Waals surface area contributed by atoms with Gasteiger partial charge in [0.25, 0.3) is 0 Å². The van der Waals surface area contributed by atoms with Crippen molar-refractivity contribution in [3.8, 4) is 0 Å². The molecule has 3 saturated carbocycles. The number of nitrogens with one attached hydrogen (secondary N) is 5. The molecule has 9 N–H and O–H groups in total. The van der Waals surface area contributed by atoms with Crippen LogP contribution in [0.2, 0.25) is 0 Å². The summed E-state index contributed by atoms with van der Waals surface area (Å²) in [5.41, 5.74) is 5.32. The number of aryl methyl sites for hydroxylation is 2. The lowest BCUT2D eigenvalue weighted by molar-refractivity contribution is 0.00491. The molecule has 81 heavy (non-hydrogen) atoms. The number of piperidine rings is 1. The van der Waals surface area contributed by atoms with E-state index >= 15 is 0 Å². The van der Waals surface area contributed by atoms with Gasteiger partial charge in [-0.25, -0.2) is 24.7 Å². The van der Waals surface area contributed by atoms with Crippen molar-refractivity contribution in [3.63, 3.8) is 0 Å². The fourth-order valence-electron chi connectivity index (χ4n) is 12.0. The lowest BCUT2D eigenvalue weighted by Gasteiger charge is -2.35. The van der Waals surface area contributed by atoms with Crippen LogP contribution in [0.15, 0.2) is 50.1 Å². The van der Waals surface area contributed by atoms with Crippen molar-refractivity contribution in [2.75, 3.05) is 47.4 Å². The minimum absolute atomic E-state index is 0.0177. The van der Waals surface area contributed by atoms with Crippen molar-refractivity contribution in [3.05, 3.63) is 72.9 Å². The monoisotopic (exact) mass is 1110 g/mol. The van der Waals surface area contributed by atoms with Crippen molar-refractivity contribution in [1.29, 1.82) is 0 Å². The number of amides is 2. The van der Waals surface area contributed by atoms with Gasteiger partial charge in [0.05, 0.1) is 74.4 Å². The van der Waals surface area contributed by atoms with Crippen LogP contribution in [0.4, 0.5) is 28.3 Å². The van der Waals surface area contributed by atoms with Crippen molar-refractivity contribution in [2.45, 2.75) is 172 Å². The fraction of sp³-hybridized carbons (Fsp3) is 0.596. The maximum Gasteiger partial charge on any atom is 0.317 e. The van der Waals surface area contributed by atoms with Crippen LogP contribution in [0.5, 0.6) is 0 Å². The molecule has 8 aromatic rings. The molecule has 8 aromatic heterocycles. The normalized spacial score (nSPS) is 23.5. The fourth-order valence-corrected chi connectivity index (χ4v) is 12.0. The molecule has 29 heteroatoms. The van der Waals surface area contributed by atoms with Crippen LogP contribution in [0.25, 0.3) is 22.3 Å². The highest BCUT2D eigenvalue weighted by molar-refractivity contribution is 5.85. The summed E-state index contributed by atoms with van der Waals surface area (Å²) in [5.74, 6) is 2.10. The smallest absolute Gasteiger partial charge is 0.317 e. The average molecular weight is 1110 g/mol. The van der Waals surface area contributed by atoms with Crippen molar-refractivity contribution in [2.24, 2.45) is 0 Å². The number of carbonyl (C=O) groups is 1. The Balaban J connectivity index is 0.673. The Kier molecular flexibility index (Phi) is 15.7. The number of rotatable bonds is 21. The van der Waals surface area contributed by atoms with E-state index in [1.807, 2.05) is 34.6 Å². The summed E-state index contributed by atoms with van der Waals surface area (Å²) in [4.78, 5) is 57.4. The summed E-state index contributed by atoms with van der Waals surface area (Å²) >= 11 is 0. The van der Waals surface area contributed by atoms with Gasteiger partial charge in [-0.3, -0.25) is 0 Å². The van der Waals surface area contributed by atoms with E-state index in [9.17, 15) is 25.2 Å². The van der Waals surface area contributed by atoms with Gasteiger partial charge in [-0.05, 0) is 78.1 Å². The number of aromatic nitrogens is 18. The zero-order valence-corrected chi connectivity index (χ0v) is 45.7. The van der Waals surface area contributed by atoms with E-state index in [-0.39, 0.29) is 55.9 Å². The quantitative estimate of drug-likeness (QED) is 0.0499. The maximum absolute atomic E-state index is 13.9. The van der Waals surface area contributed by atoms with E-state index in [4.69, 9.17) is 29.9 Å². The lowest BCUT2D eigenvalue weighted by atomic mass is 9.91. The van der Waals surface area contributed by atoms with Gasteiger partial charge < -0.3 is 70.2 Å². The van der Waals surface area contributed by atoms with Gasteiger partial charge in [-0.2, -0.15) is 49.9 Å². The van der Waals surface area contributed by atoms with Crippen LogP contribution in [-0.2, 0) is 39.1 Å². The van der Waals surface area contributed by atoms with E-state index in [0.29, 0.717) is 97.0 Å². The summed E-state index contributed by atoms with van der Waals surface area (Å²) < 4.78 is 8.03. The Hall–Kier alpha value is -7.89. The molecular weight excluding hydrogens is 1040 g/mol. The third kappa shape index (κ3) is 11.6. The number of nitrogens with zero attached hydrogens (tertiary/aromatic N) is 19. The number of hydrogen-bond acceptors (Lipinski definition) is 21. The van der Waals surface area contributed by atoms with E-state index in [1.54, 1.807) is 21.9 Å². The molecule has 0 aromatic carbocycles. The molecule has 12 rings (SSSR count). The highest BCUT2D eigenvalue weighted by Crippen LogP contribution is 2.41. The molecule has 6 atom stereocenters. The number of anilines is 4. The third-order valence-corrected chi connectivity index (χ3v) is 16.6. The van der Waals surface area contributed by atoms with Gasteiger partial charge in [0.1, 0.15) is 29.6 Å². The molecule has 4 fully saturated rings. The number of aliphatic hydroxyl groups is 4. The Morgan fingerprint density at radius 1 is 0.580 bits per heavy atom. The summed E-state index contributed by atoms with van der Waals surface area (Å²) in [6.45, 7) is 7.64. The molecule has 2 amide bonds. The van der Waals surface area contributed by atoms with Gasteiger partial charge in [0.15, 0.2) is 34.0 Å². The maximum atomic E-state index is 13.9. The van der Waals surface area contributed by atoms with Gasteiger partial charge in [0, 0.05) is 88.7 Å². The molecule has 0 bridgehead atoms. The molecular formula is C52H72N24O5. The van der Waals surface area contributed by atoms with Gasteiger partial charge in [-0.15, -0.1) is 0 Å². The second-order valence-electron chi connectivity index (χ2n) is 21.8. The molecule has 4 aliphatic rings. The van der Waals surface area contributed by atoms with Crippen molar-refractivity contribution >= 4 is 51.9 Å². The number of likely N-dealkylation sites (tertiary alicyclic amines) is 1. The van der Waals surface area contributed by atoms with Gasteiger partial charge in [-0.1, -0.05) is 0 Å². The summed E-state index contributed by atoms with van der Waals surface area (Å²) in [7, 11) is 0. The Morgan fingerprint density at radius 3 is 1.69 bits per heavy atom.